The van der Waals surface area contributed by atoms with Crippen molar-refractivity contribution in [3.63, 3.8) is 0 Å². The number of aliphatic carboxylic acids is 1. The predicted octanol–water partition coefficient (Wildman–Crippen LogP) is 0.868. The molecule has 0 atom stereocenters. The molecule has 0 saturated heterocycles. The fourth-order valence-corrected chi connectivity index (χ4v) is 0.732. The summed E-state index contributed by atoms with van der Waals surface area (Å²) in [6.07, 6.45) is 2.68. The van der Waals surface area contributed by atoms with Crippen LogP contribution in [0.4, 0.5) is 0 Å². The number of carboxylic acid groups (broad SMARTS) is 1. The van der Waals surface area contributed by atoms with Crippen LogP contribution in [0.3, 0.4) is 0 Å². The molecule has 2 nitrogen and oxygen atoms in total. The smallest absolute Gasteiger partial charge is 0.328 e. The first-order valence-electron chi connectivity index (χ1n) is 3.25. The van der Waals surface area contributed by atoms with E-state index in [1.807, 2.05) is 30.3 Å². The Hall–Kier alpha value is -0.804. The quantitative estimate of drug-likeness (QED) is 0.534. The van der Waals surface area contributed by atoms with Crippen LogP contribution in [0.1, 0.15) is 5.56 Å². The van der Waals surface area contributed by atoms with Crippen LogP contribution in [0.15, 0.2) is 36.4 Å². The maximum atomic E-state index is 10.1. The highest BCUT2D eigenvalue weighted by atomic mass is 24.3. The maximum absolute atomic E-state index is 10.1. The zero-order valence-electron chi connectivity index (χ0n) is 5.90. The monoisotopic (exact) mass is 174 g/mol. The Kier molecular flexibility index (Phi) is 5.41. The van der Waals surface area contributed by atoms with Crippen molar-refractivity contribution in [2.75, 3.05) is 0 Å². The van der Waals surface area contributed by atoms with Crippen LogP contribution in [-0.4, -0.2) is 34.1 Å². The van der Waals surface area contributed by atoms with Gasteiger partial charge < -0.3 is 5.11 Å². The highest BCUT2D eigenvalue weighted by Gasteiger charge is 1.85. The second kappa shape index (κ2) is 5.80. The summed E-state index contributed by atoms with van der Waals surface area (Å²) in [4.78, 5) is 10.1. The van der Waals surface area contributed by atoms with E-state index < -0.39 is 5.97 Å². The molecule has 0 fully saturated rings. The molecular formula is C9H10MgO2. The topological polar surface area (TPSA) is 37.3 Å². The van der Waals surface area contributed by atoms with Gasteiger partial charge in [0.25, 0.3) is 0 Å². The first-order chi connectivity index (χ1) is 5.29. The lowest BCUT2D eigenvalue weighted by Crippen LogP contribution is -1.85. The molecule has 0 bridgehead atoms. The van der Waals surface area contributed by atoms with Crippen LogP contribution < -0.4 is 0 Å². The molecule has 0 aliphatic heterocycles. The van der Waals surface area contributed by atoms with Gasteiger partial charge in [0.05, 0.1) is 0 Å². The lowest BCUT2D eigenvalue weighted by atomic mass is 10.2. The summed E-state index contributed by atoms with van der Waals surface area (Å²) >= 11 is 0. The standard InChI is InChI=1S/C9H8O2.Mg.2H/c10-9(11)7-6-8-4-2-1-3-5-8;;;/h1-7H,(H,10,11);;;. The third kappa shape index (κ3) is 4.15. The molecule has 0 unspecified atom stereocenters. The highest BCUT2D eigenvalue weighted by molar-refractivity contribution is 5.85. The Morgan fingerprint density at radius 1 is 1.25 bits per heavy atom. The van der Waals surface area contributed by atoms with Crippen LogP contribution >= 0.6 is 0 Å². The van der Waals surface area contributed by atoms with Crippen molar-refractivity contribution < 1.29 is 9.90 Å². The molecule has 0 saturated carbocycles. The van der Waals surface area contributed by atoms with E-state index in [1.165, 1.54) is 0 Å². The lowest BCUT2D eigenvalue weighted by molar-refractivity contribution is -0.131. The van der Waals surface area contributed by atoms with E-state index in [0.717, 1.165) is 11.6 Å². The van der Waals surface area contributed by atoms with Crippen molar-refractivity contribution in [2.45, 2.75) is 0 Å². The van der Waals surface area contributed by atoms with E-state index in [9.17, 15) is 4.79 Å². The van der Waals surface area contributed by atoms with Crippen LogP contribution in [-0.2, 0) is 4.79 Å². The van der Waals surface area contributed by atoms with Gasteiger partial charge in [0.15, 0.2) is 0 Å². The molecule has 3 heteroatoms. The average Bonchev–Trinajstić information content (AvgIpc) is 2.03. The molecule has 1 N–H and O–H groups in total. The van der Waals surface area contributed by atoms with Crippen molar-refractivity contribution in [3.05, 3.63) is 42.0 Å². The third-order valence-corrected chi connectivity index (χ3v) is 1.22. The van der Waals surface area contributed by atoms with Crippen LogP contribution in [0, 0.1) is 0 Å². The predicted molar refractivity (Wildman–Crippen MR) is 51.7 cm³/mol. The molecule has 0 amide bonds. The number of carbonyl (C=O) groups is 1. The molecule has 1 aromatic rings. The SMILES string of the molecule is O=C(O)C=Cc1ccccc1.[MgH2]. The summed E-state index contributed by atoms with van der Waals surface area (Å²) in [5, 5.41) is 8.29. The summed E-state index contributed by atoms with van der Waals surface area (Å²) in [6, 6.07) is 9.31. The molecule has 0 heterocycles. The van der Waals surface area contributed by atoms with Crippen molar-refractivity contribution in [2.24, 2.45) is 0 Å². The molecular weight excluding hydrogens is 164 g/mol. The molecule has 1 aromatic carbocycles. The van der Waals surface area contributed by atoms with Gasteiger partial charge in [0.1, 0.15) is 0 Å². The number of hydrogen-bond acceptors (Lipinski definition) is 1. The molecule has 0 spiro atoms. The van der Waals surface area contributed by atoms with Gasteiger partial charge in [-0.2, -0.15) is 0 Å². The summed E-state index contributed by atoms with van der Waals surface area (Å²) in [5.74, 6) is -0.922. The first kappa shape index (κ1) is 11.2. The third-order valence-electron chi connectivity index (χ3n) is 1.22. The fourth-order valence-electron chi connectivity index (χ4n) is 0.732. The van der Waals surface area contributed by atoms with E-state index in [-0.39, 0.29) is 23.1 Å². The van der Waals surface area contributed by atoms with Crippen LogP contribution in [0.2, 0.25) is 0 Å². The summed E-state index contributed by atoms with van der Waals surface area (Å²) in [7, 11) is 0. The second-order valence-corrected chi connectivity index (χ2v) is 2.08. The van der Waals surface area contributed by atoms with E-state index in [0.29, 0.717) is 0 Å². The van der Waals surface area contributed by atoms with Crippen LogP contribution in [0.5, 0.6) is 0 Å². The van der Waals surface area contributed by atoms with Crippen molar-refractivity contribution in [1.29, 1.82) is 0 Å². The zero-order chi connectivity index (χ0) is 8.10. The van der Waals surface area contributed by atoms with Gasteiger partial charge >= 0.3 is 29.0 Å². The zero-order valence-corrected chi connectivity index (χ0v) is 5.90. The van der Waals surface area contributed by atoms with Gasteiger partial charge in [-0.1, -0.05) is 30.3 Å². The van der Waals surface area contributed by atoms with E-state index in [1.54, 1.807) is 6.08 Å². The Bertz CT molecular complexity index is 267. The van der Waals surface area contributed by atoms with Gasteiger partial charge in [-0.05, 0) is 11.6 Å². The van der Waals surface area contributed by atoms with E-state index >= 15 is 0 Å². The van der Waals surface area contributed by atoms with Gasteiger partial charge in [-0.15, -0.1) is 0 Å². The van der Waals surface area contributed by atoms with Gasteiger partial charge in [0, 0.05) is 6.08 Å². The normalized spacial score (nSPS) is 9.33. The average molecular weight is 174 g/mol. The number of carboxylic acids is 1. The number of hydrogen-bond donors (Lipinski definition) is 1. The minimum atomic E-state index is -0.922. The molecule has 12 heavy (non-hydrogen) atoms. The maximum Gasteiger partial charge on any atom is 0.328 e. The van der Waals surface area contributed by atoms with Crippen molar-refractivity contribution >= 4 is 35.1 Å². The second-order valence-electron chi connectivity index (χ2n) is 2.08. The van der Waals surface area contributed by atoms with Crippen LogP contribution in [0.25, 0.3) is 6.08 Å². The highest BCUT2D eigenvalue weighted by Crippen LogP contribution is 1.99. The first-order valence-corrected chi connectivity index (χ1v) is 3.25. The van der Waals surface area contributed by atoms with Crippen molar-refractivity contribution in [3.8, 4) is 0 Å². The lowest BCUT2D eigenvalue weighted by Gasteiger charge is -1.87. The molecule has 0 aliphatic carbocycles. The summed E-state index contributed by atoms with van der Waals surface area (Å²) in [6.45, 7) is 0. The molecule has 60 valence electrons. The Labute approximate surface area is 87.1 Å². The Balaban J connectivity index is 0.00000121. The fraction of sp³-hybridized carbons (Fsp3) is 0. The number of benzene rings is 1. The molecule has 1 rings (SSSR count). The summed E-state index contributed by atoms with van der Waals surface area (Å²) in [5.41, 5.74) is 0.898. The van der Waals surface area contributed by atoms with E-state index in [2.05, 4.69) is 0 Å². The Morgan fingerprint density at radius 3 is 2.33 bits per heavy atom. The molecule has 0 aromatic heterocycles. The largest absolute Gasteiger partial charge is 0.478 e. The van der Waals surface area contributed by atoms with Gasteiger partial charge in [-0.25, -0.2) is 4.79 Å². The molecule has 0 aliphatic rings. The minimum Gasteiger partial charge on any atom is -0.478 e. The number of rotatable bonds is 2. The minimum absolute atomic E-state index is 0. The van der Waals surface area contributed by atoms with Gasteiger partial charge in [0.2, 0.25) is 0 Å². The van der Waals surface area contributed by atoms with Gasteiger partial charge in [-0.3, -0.25) is 0 Å². The van der Waals surface area contributed by atoms with Crippen molar-refractivity contribution in [1.82, 2.24) is 0 Å². The molecule has 0 radical (unpaired) electrons. The summed E-state index contributed by atoms with van der Waals surface area (Å²) < 4.78 is 0. The van der Waals surface area contributed by atoms with E-state index in [4.69, 9.17) is 5.11 Å². The Morgan fingerprint density at radius 2 is 1.83 bits per heavy atom.